The summed E-state index contributed by atoms with van der Waals surface area (Å²) in [6.45, 7) is 8.30. The molecule has 100 valence electrons. The van der Waals surface area contributed by atoms with E-state index in [4.69, 9.17) is 0 Å². The Morgan fingerprint density at radius 3 is 2.82 bits per heavy atom. The fourth-order valence-electron chi connectivity index (χ4n) is 2.07. The Hall–Kier alpha value is -0.610. The fourth-order valence-corrected chi connectivity index (χ4v) is 2.07. The lowest BCUT2D eigenvalue weighted by atomic mass is 10.1. The van der Waals surface area contributed by atoms with Crippen LogP contribution in [-0.2, 0) is 4.79 Å². The van der Waals surface area contributed by atoms with Gasteiger partial charge in [0.25, 0.3) is 0 Å². The predicted octanol–water partition coefficient (Wildman–Crippen LogP) is 0.785. The number of rotatable bonds is 5. The van der Waals surface area contributed by atoms with Crippen LogP contribution in [0.1, 0.15) is 26.7 Å². The first kappa shape index (κ1) is 14.5. The van der Waals surface area contributed by atoms with Crippen LogP contribution in [0.15, 0.2) is 0 Å². The van der Waals surface area contributed by atoms with Gasteiger partial charge in [-0.05, 0) is 19.4 Å². The highest BCUT2D eigenvalue weighted by atomic mass is 16.2. The van der Waals surface area contributed by atoms with Crippen molar-refractivity contribution in [1.29, 1.82) is 0 Å². The lowest BCUT2D eigenvalue weighted by Gasteiger charge is -2.31. The average molecular weight is 241 g/mol. The molecule has 0 radical (unpaired) electrons. The quantitative estimate of drug-likeness (QED) is 0.773. The SMILES string of the molecule is CC(C)CCN(C)C(=O)CC1CN(C)CCN1. The highest BCUT2D eigenvalue weighted by molar-refractivity contribution is 5.76. The molecule has 1 rings (SSSR count). The van der Waals surface area contributed by atoms with Crippen LogP contribution in [0.4, 0.5) is 0 Å². The van der Waals surface area contributed by atoms with Crippen LogP contribution in [0.2, 0.25) is 0 Å². The van der Waals surface area contributed by atoms with E-state index >= 15 is 0 Å². The van der Waals surface area contributed by atoms with E-state index in [1.54, 1.807) is 0 Å². The summed E-state index contributed by atoms with van der Waals surface area (Å²) in [4.78, 5) is 16.1. The van der Waals surface area contributed by atoms with Gasteiger partial charge < -0.3 is 15.1 Å². The van der Waals surface area contributed by atoms with Crippen molar-refractivity contribution in [3.05, 3.63) is 0 Å². The van der Waals surface area contributed by atoms with Crippen LogP contribution in [0, 0.1) is 5.92 Å². The number of carbonyl (C=O) groups excluding carboxylic acids is 1. The summed E-state index contributed by atoms with van der Waals surface area (Å²) in [6.07, 6.45) is 1.71. The van der Waals surface area contributed by atoms with Crippen LogP contribution < -0.4 is 5.32 Å². The molecule has 0 bridgehead atoms. The van der Waals surface area contributed by atoms with Crippen LogP contribution >= 0.6 is 0 Å². The zero-order valence-corrected chi connectivity index (χ0v) is 11.7. The number of nitrogens with zero attached hydrogens (tertiary/aromatic N) is 2. The van der Waals surface area contributed by atoms with Crippen molar-refractivity contribution in [1.82, 2.24) is 15.1 Å². The number of nitrogens with one attached hydrogen (secondary N) is 1. The first-order valence-electron chi connectivity index (χ1n) is 6.65. The monoisotopic (exact) mass is 241 g/mol. The number of hydrogen-bond donors (Lipinski definition) is 1. The highest BCUT2D eigenvalue weighted by Gasteiger charge is 2.20. The summed E-state index contributed by atoms with van der Waals surface area (Å²) in [5.41, 5.74) is 0. The van der Waals surface area contributed by atoms with Crippen molar-refractivity contribution in [2.45, 2.75) is 32.7 Å². The topological polar surface area (TPSA) is 35.6 Å². The van der Waals surface area contributed by atoms with Crippen molar-refractivity contribution in [2.75, 3.05) is 40.3 Å². The third kappa shape index (κ3) is 5.50. The third-order valence-electron chi connectivity index (χ3n) is 3.35. The molecule has 0 saturated carbocycles. The van der Waals surface area contributed by atoms with Gasteiger partial charge in [-0.25, -0.2) is 0 Å². The highest BCUT2D eigenvalue weighted by Crippen LogP contribution is 2.05. The second kappa shape index (κ2) is 6.97. The van der Waals surface area contributed by atoms with E-state index in [1.807, 2.05) is 11.9 Å². The number of carbonyl (C=O) groups is 1. The first-order valence-corrected chi connectivity index (χ1v) is 6.65. The Bertz CT molecular complexity index is 243. The number of amides is 1. The minimum Gasteiger partial charge on any atom is -0.346 e. The molecule has 1 fully saturated rings. The molecule has 4 nitrogen and oxygen atoms in total. The van der Waals surface area contributed by atoms with Crippen molar-refractivity contribution in [3.63, 3.8) is 0 Å². The summed E-state index contributed by atoms with van der Waals surface area (Å²) >= 11 is 0. The van der Waals surface area contributed by atoms with E-state index in [-0.39, 0.29) is 5.91 Å². The van der Waals surface area contributed by atoms with Gasteiger partial charge >= 0.3 is 0 Å². The zero-order valence-electron chi connectivity index (χ0n) is 11.7. The second-order valence-corrected chi connectivity index (χ2v) is 5.62. The molecule has 0 aromatic rings. The van der Waals surface area contributed by atoms with Gasteiger partial charge in [-0.15, -0.1) is 0 Å². The Kier molecular flexibility index (Phi) is 5.92. The molecular formula is C13H27N3O. The molecule has 0 spiro atoms. The summed E-state index contributed by atoms with van der Waals surface area (Å²) in [5, 5.41) is 3.41. The zero-order chi connectivity index (χ0) is 12.8. The third-order valence-corrected chi connectivity index (χ3v) is 3.35. The Labute approximate surface area is 105 Å². The molecule has 0 aliphatic carbocycles. The van der Waals surface area contributed by atoms with E-state index in [1.165, 1.54) is 0 Å². The molecule has 0 aromatic heterocycles. The van der Waals surface area contributed by atoms with Crippen LogP contribution in [0.3, 0.4) is 0 Å². The standard InChI is InChI=1S/C13H27N3O/c1-11(2)5-7-16(4)13(17)9-12-10-15(3)8-6-14-12/h11-12,14H,5-10H2,1-4H3. The summed E-state index contributed by atoms with van der Waals surface area (Å²) < 4.78 is 0. The smallest absolute Gasteiger partial charge is 0.223 e. The molecule has 4 heteroatoms. The van der Waals surface area contributed by atoms with Crippen LogP contribution in [-0.4, -0.2) is 62.0 Å². The largest absolute Gasteiger partial charge is 0.346 e. The van der Waals surface area contributed by atoms with E-state index in [9.17, 15) is 4.79 Å². The Morgan fingerprint density at radius 2 is 2.24 bits per heavy atom. The van der Waals surface area contributed by atoms with Crippen LogP contribution in [0.5, 0.6) is 0 Å². The van der Waals surface area contributed by atoms with Crippen molar-refractivity contribution in [2.24, 2.45) is 5.92 Å². The molecule has 1 amide bonds. The van der Waals surface area contributed by atoms with Crippen molar-refractivity contribution in [3.8, 4) is 0 Å². The van der Waals surface area contributed by atoms with Crippen molar-refractivity contribution >= 4 is 5.91 Å². The van der Waals surface area contributed by atoms with Crippen molar-refractivity contribution < 1.29 is 4.79 Å². The predicted molar refractivity (Wildman–Crippen MR) is 71.0 cm³/mol. The van der Waals surface area contributed by atoms with Gasteiger partial charge in [0, 0.05) is 45.7 Å². The number of hydrogen-bond acceptors (Lipinski definition) is 3. The molecule has 1 heterocycles. The average Bonchev–Trinajstić information content (AvgIpc) is 2.25. The van der Waals surface area contributed by atoms with E-state index in [0.29, 0.717) is 18.4 Å². The van der Waals surface area contributed by atoms with Gasteiger partial charge in [-0.3, -0.25) is 4.79 Å². The maximum absolute atomic E-state index is 12.0. The molecule has 1 N–H and O–H groups in total. The molecule has 1 unspecified atom stereocenters. The van der Waals surface area contributed by atoms with E-state index in [2.05, 4.69) is 31.1 Å². The molecular weight excluding hydrogens is 214 g/mol. The van der Waals surface area contributed by atoms with Gasteiger partial charge in [0.15, 0.2) is 0 Å². The Morgan fingerprint density at radius 1 is 1.53 bits per heavy atom. The molecule has 1 aliphatic heterocycles. The minimum atomic E-state index is 0.262. The molecule has 17 heavy (non-hydrogen) atoms. The van der Waals surface area contributed by atoms with Gasteiger partial charge in [-0.1, -0.05) is 13.8 Å². The fraction of sp³-hybridized carbons (Fsp3) is 0.923. The summed E-state index contributed by atoms with van der Waals surface area (Å²) in [5.74, 6) is 0.919. The van der Waals surface area contributed by atoms with E-state index in [0.717, 1.165) is 32.6 Å². The van der Waals surface area contributed by atoms with Gasteiger partial charge in [0.2, 0.25) is 5.91 Å². The lowest BCUT2D eigenvalue weighted by molar-refractivity contribution is -0.130. The van der Waals surface area contributed by atoms with Gasteiger partial charge in [0.05, 0.1) is 0 Å². The van der Waals surface area contributed by atoms with E-state index < -0.39 is 0 Å². The first-order chi connectivity index (χ1) is 7.99. The molecule has 0 aromatic carbocycles. The maximum Gasteiger partial charge on any atom is 0.223 e. The van der Waals surface area contributed by atoms with Crippen LogP contribution in [0.25, 0.3) is 0 Å². The molecule has 1 saturated heterocycles. The second-order valence-electron chi connectivity index (χ2n) is 5.62. The molecule has 1 aliphatic rings. The van der Waals surface area contributed by atoms with Gasteiger partial charge in [-0.2, -0.15) is 0 Å². The normalized spacial score (nSPS) is 21.8. The maximum atomic E-state index is 12.0. The number of likely N-dealkylation sites (N-methyl/N-ethyl adjacent to an activating group) is 1. The minimum absolute atomic E-state index is 0.262. The molecule has 1 atom stereocenters. The summed E-state index contributed by atoms with van der Waals surface area (Å²) in [7, 11) is 4.03. The Balaban J connectivity index is 2.27. The van der Waals surface area contributed by atoms with Gasteiger partial charge in [0.1, 0.15) is 0 Å². The summed E-state index contributed by atoms with van der Waals surface area (Å²) in [6, 6.07) is 0.322. The number of piperazine rings is 1. The lowest BCUT2D eigenvalue weighted by Crippen LogP contribution is -2.50.